The first-order valence-electron chi connectivity index (χ1n) is 20.9. The van der Waals surface area contributed by atoms with Crippen LogP contribution in [-0.4, -0.2) is 142 Å². The van der Waals surface area contributed by atoms with E-state index in [0.29, 0.717) is 25.2 Å². The summed E-state index contributed by atoms with van der Waals surface area (Å²) in [6.45, 7) is 22.2. The van der Waals surface area contributed by atoms with E-state index in [1.807, 2.05) is 27.7 Å². The number of aliphatic carboxylic acids is 1. The number of rotatable bonds is 9. The molecule has 6 aliphatic rings. The molecular formula is C42H72NaO12. The molecule has 0 aliphatic carbocycles. The Balaban J connectivity index is 0.00000580. The molecule has 6 aliphatic heterocycles. The average Bonchev–Trinajstić information content (AvgIpc) is 3.81. The van der Waals surface area contributed by atoms with Gasteiger partial charge in [0.1, 0.15) is 5.92 Å². The van der Waals surface area contributed by atoms with Crippen LogP contribution in [0.25, 0.3) is 0 Å². The van der Waals surface area contributed by atoms with Gasteiger partial charge in [0.2, 0.25) is 0 Å². The summed E-state index contributed by atoms with van der Waals surface area (Å²) in [4.78, 5) is 12.1. The van der Waals surface area contributed by atoms with E-state index in [0.717, 1.165) is 25.7 Å². The largest absolute Gasteiger partial charge is 0.481 e. The topological polar surface area (TPSA) is 152 Å². The second-order valence-corrected chi connectivity index (χ2v) is 19.3. The Bertz CT molecular complexity index is 1360. The van der Waals surface area contributed by atoms with Crippen LogP contribution < -0.4 is 0 Å². The SMILES string of the molecule is COC1C(C)C(C(C)C2OC3(CCC(C)(C4CCC(C)(C5OC(C6OC(C)(OC)C(C)CC6C)CC5C)O4)O3)CC(O)C2C)OC(O)(C(C)C(=O)O)C1C.[Na]. The Labute approximate surface area is 352 Å². The Morgan fingerprint density at radius 2 is 1.49 bits per heavy atom. The third kappa shape index (κ3) is 8.04. The Morgan fingerprint density at radius 1 is 0.836 bits per heavy atom. The molecule has 0 aromatic carbocycles. The number of ether oxygens (including phenoxy) is 8. The standard InChI is InChI=1S/C42H72O12.Na/c1-21-18-23(3)40(11,48-13)51-32(21)30-19-22(2)36(49-30)39(10)15-14-31(50-39)38(9)16-17-41(54-38)20-29(43)24(4)33(52-41)25(5)34-26(6)35(47-12)27(7)42(46,53-34)28(8)37(44)45;/h21-36,43,46H,14-20H2,1-13H3,(H,44,45);. The third-order valence-corrected chi connectivity index (χ3v) is 15.6. The maximum absolute atomic E-state index is 12.1. The van der Waals surface area contributed by atoms with E-state index in [-0.39, 0.29) is 83.6 Å². The van der Waals surface area contributed by atoms with Crippen molar-refractivity contribution >= 4 is 35.5 Å². The average molecular weight is 792 g/mol. The Hall–Kier alpha value is 0.0700. The van der Waals surface area contributed by atoms with Crippen LogP contribution >= 0.6 is 0 Å². The van der Waals surface area contributed by atoms with Crippen molar-refractivity contribution in [3.8, 4) is 0 Å². The molecule has 0 aromatic heterocycles. The molecule has 0 aromatic rings. The summed E-state index contributed by atoms with van der Waals surface area (Å²) >= 11 is 0. The van der Waals surface area contributed by atoms with Gasteiger partial charge in [0, 0.05) is 86.2 Å². The first kappa shape index (κ1) is 46.1. The van der Waals surface area contributed by atoms with Gasteiger partial charge in [-0.3, -0.25) is 4.79 Å². The summed E-state index contributed by atoms with van der Waals surface area (Å²) in [6.07, 6.45) is 2.58. The number of aliphatic hydroxyl groups is 2. The summed E-state index contributed by atoms with van der Waals surface area (Å²) in [5.41, 5.74) is -1.14. The van der Waals surface area contributed by atoms with Crippen molar-refractivity contribution in [2.45, 2.75) is 199 Å². The molecule has 6 rings (SSSR count). The van der Waals surface area contributed by atoms with E-state index in [9.17, 15) is 20.1 Å². The molecule has 55 heavy (non-hydrogen) atoms. The molecule has 6 heterocycles. The smallest absolute Gasteiger partial charge is 0.311 e. The zero-order chi connectivity index (χ0) is 39.9. The van der Waals surface area contributed by atoms with E-state index in [1.165, 1.54) is 6.92 Å². The second-order valence-electron chi connectivity index (χ2n) is 19.3. The minimum atomic E-state index is -1.95. The fraction of sp³-hybridized carbons (Fsp3) is 0.976. The molecule has 313 valence electrons. The number of hydrogen-bond acceptors (Lipinski definition) is 11. The van der Waals surface area contributed by atoms with Crippen LogP contribution in [0.2, 0.25) is 0 Å². The monoisotopic (exact) mass is 791 g/mol. The van der Waals surface area contributed by atoms with E-state index >= 15 is 0 Å². The molecule has 3 N–H and O–H groups in total. The molecule has 0 amide bonds. The van der Waals surface area contributed by atoms with Gasteiger partial charge >= 0.3 is 5.97 Å². The van der Waals surface area contributed by atoms with Crippen molar-refractivity contribution in [3.05, 3.63) is 0 Å². The van der Waals surface area contributed by atoms with Gasteiger partial charge in [-0.25, -0.2) is 0 Å². The zero-order valence-electron chi connectivity index (χ0n) is 36.2. The van der Waals surface area contributed by atoms with Crippen molar-refractivity contribution in [2.24, 2.45) is 47.3 Å². The van der Waals surface area contributed by atoms with Crippen LogP contribution in [0.15, 0.2) is 0 Å². The predicted molar refractivity (Wildman–Crippen MR) is 205 cm³/mol. The third-order valence-electron chi connectivity index (χ3n) is 15.6. The number of hydrogen-bond donors (Lipinski definition) is 3. The van der Waals surface area contributed by atoms with Gasteiger partial charge in [0.25, 0.3) is 0 Å². The molecule has 21 atom stereocenters. The summed E-state index contributed by atoms with van der Waals surface area (Å²) in [5.74, 6) is -6.40. The van der Waals surface area contributed by atoms with Crippen molar-refractivity contribution in [2.75, 3.05) is 14.2 Å². The zero-order valence-corrected chi connectivity index (χ0v) is 38.2. The molecular weight excluding hydrogens is 719 g/mol. The van der Waals surface area contributed by atoms with Crippen LogP contribution in [-0.2, 0) is 42.7 Å². The first-order valence-corrected chi connectivity index (χ1v) is 20.9. The number of carboxylic acids is 1. The van der Waals surface area contributed by atoms with E-state index in [2.05, 4.69) is 34.6 Å². The molecule has 1 radical (unpaired) electrons. The number of aliphatic hydroxyl groups excluding tert-OH is 1. The summed E-state index contributed by atoms with van der Waals surface area (Å²) in [7, 11) is 3.31. The first-order chi connectivity index (χ1) is 25.1. The minimum Gasteiger partial charge on any atom is -0.481 e. The van der Waals surface area contributed by atoms with Gasteiger partial charge in [-0.15, -0.1) is 0 Å². The predicted octanol–water partition coefficient (Wildman–Crippen LogP) is 5.54. The molecule has 13 heteroatoms. The van der Waals surface area contributed by atoms with Crippen molar-refractivity contribution < 1.29 is 58.0 Å². The van der Waals surface area contributed by atoms with Gasteiger partial charge in [0.05, 0.1) is 60.0 Å². The second kappa shape index (κ2) is 16.5. The number of carbonyl (C=O) groups is 1. The normalized spacial score (nSPS) is 54.2. The molecule has 6 saturated heterocycles. The summed E-state index contributed by atoms with van der Waals surface area (Å²) < 4.78 is 52.8. The maximum Gasteiger partial charge on any atom is 0.311 e. The van der Waals surface area contributed by atoms with E-state index in [4.69, 9.17) is 37.9 Å². The summed E-state index contributed by atoms with van der Waals surface area (Å²) in [5, 5.41) is 33.2. The maximum atomic E-state index is 12.1. The van der Waals surface area contributed by atoms with Gasteiger partial charge in [0.15, 0.2) is 17.4 Å². The Kier molecular flexibility index (Phi) is 13.8. The molecule has 6 fully saturated rings. The van der Waals surface area contributed by atoms with E-state index in [1.54, 1.807) is 21.1 Å². The molecule has 21 unspecified atom stereocenters. The summed E-state index contributed by atoms with van der Waals surface area (Å²) in [6, 6.07) is 0. The van der Waals surface area contributed by atoms with E-state index < -0.39 is 70.8 Å². The van der Waals surface area contributed by atoms with Crippen LogP contribution in [0.4, 0.5) is 0 Å². The van der Waals surface area contributed by atoms with Crippen LogP contribution in [0.3, 0.4) is 0 Å². The van der Waals surface area contributed by atoms with Crippen molar-refractivity contribution in [3.63, 3.8) is 0 Å². The molecule has 12 nitrogen and oxygen atoms in total. The fourth-order valence-corrected chi connectivity index (χ4v) is 11.7. The number of carboxylic acid groups (broad SMARTS) is 1. The van der Waals surface area contributed by atoms with Crippen molar-refractivity contribution in [1.29, 1.82) is 0 Å². The van der Waals surface area contributed by atoms with Gasteiger partial charge < -0.3 is 53.2 Å². The molecule has 0 bridgehead atoms. The van der Waals surface area contributed by atoms with Crippen molar-refractivity contribution in [1.82, 2.24) is 0 Å². The quantitative estimate of drug-likeness (QED) is 0.252. The van der Waals surface area contributed by atoms with Gasteiger partial charge in [-0.1, -0.05) is 48.5 Å². The Morgan fingerprint density at radius 3 is 2.11 bits per heavy atom. The molecule has 0 saturated carbocycles. The van der Waals surface area contributed by atoms with Crippen LogP contribution in [0.5, 0.6) is 0 Å². The minimum absolute atomic E-state index is 0. The molecule has 1 spiro atoms. The van der Waals surface area contributed by atoms with Crippen LogP contribution in [0, 0.1) is 47.3 Å². The van der Waals surface area contributed by atoms with Crippen LogP contribution in [0.1, 0.15) is 121 Å². The fourth-order valence-electron chi connectivity index (χ4n) is 11.7. The van der Waals surface area contributed by atoms with Gasteiger partial charge in [-0.2, -0.15) is 0 Å². The van der Waals surface area contributed by atoms with Gasteiger partial charge in [-0.05, 0) is 71.6 Å². The number of methoxy groups -OCH3 is 2.